The average molecular weight is 240 g/mol. The Morgan fingerprint density at radius 3 is 2.29 bits per heavy atom. The lowest BCUT2D eigenvalue weighted by Crippen LogP contribution is -2.52. The summed E-state index contributed by atoms with van der Waals surface area (Å²) in [5, 5.41) is 0. The third-order valence-electron chi connectivity index (χ3n) is 3.82. The number of amides is 1. The van der Waals surface area contributed by atoms with Crippen molar-refractivity contribution in [3.05, 3.63) is 0 Å². The Morgan fingerprint density at radius 1 is 1.35 bits per heavy atom. The summed E-state index contributed by atoms with van der Waals surface area (Å²) in [5.41, 5.74) is 5.89. The van der Waals surface area contributed by atoms with Gasteiger partial charge in [0, 0.05) is 13.1 Å². The minimum absolute atomic E-state index is 0.132. The maximum Gasteiger partial charge on any atom is 0.240 e. The number of hydrogen-bond acceptors (Lipinski definition) is 2. The second kappa shape index (κ2) is 5.85. The van der Waals surface area contributed by atoms with Crippen LogP contribution in [0.1, 0.15) is 53.4 Å². The average Bonchev–Trinajstić information content (AvgIpc) is 2.27. The second-order valence-electron chi connectivity index (χ2n) is 6.40. The van der Waals surface area contributed by atoms with Crippen LogP contribution in [0, 0.1) is 11.3 Å². The molecule has 1 unspecified atom stereocenters. The fourth-order valence-electron chi connectivity index (χ4n) is 2.42. The van der Waals surface area contributed by atoms with Gasteiger partial charge >= 0.3 is 0 Å². The maximum atomic E-state index is 12.2. The monoisotopic (exact) mass is 240 g/mol. The highest BCUT2D eigenvalue weighted by Gasteiger charge is 2.32. The number of likely N-dealkylation sites (tertiary alicyclic amines) is 1. The Labute approximate surface area is 106 Å². The zero-order valence-corrected chi connectivity index (χ0v) is 11.8. The van der Waals surface area contributed by atoms with Gasteiger partial charge in [0.05, 0.1) is 6.04 Å². The number of rotatable bonds is 3. The molecule has 0 radical (unpaired) electrons. The molecule has 0 saturated carbocycles. The number of hydrogen-bond donors (Lipinski definition) is 1. The van der Waals surface area contributed by atoms with Gasteiger partial charge in [-0.25, -0.2) is 0 Å². The molecule has 100 valence electrons. The highest BCUT2D eigenvalue weighted by molar-refractivity contribution is 5.82. The third-order valence-corrected chi connectivity index (χ3v) is 3.82. The summed E-state index contributed by atoms with van der Waals surface area (Å²) in [6.07, 6.45) is 4.85. The van der Waals surface area contributed by atoms with E-state index in [2.05, 4.69) is 6.92 Å². The van der Waals surface area contributed by atoms with E-state index < -0.39 is 0 Å². The van der Waals surface area contributed by atoms with E-state index in [1.807, 2.05) is 25.7 Å². The van der Waals surface area contributed by atoms with Crippen LogP contribution in [0.15, 0.2) is 0 Å². The van der Waals surface area contributed by atoms with Gasteiger partial charge in [0.15, 0.2) is 0 Å². The van der Waals surface area contributed by atoms with Crippen molar-refractivity contribution in [3.8, 4) is 0 Å². The summed E-state index contributed by atoms with van der Waals surface area (Å²) in [5.74, 6) is 0.947. The molecule has 1 fully saturated rings. The zero-order chi connectivity index (χ0) is 13.1. The normalized spacial score (nSPS) is 20.4. The summed E-state index contributed by atoms with van der Waals surface area (Å²) >= 11 is 0. The largest absolute Gasteiger partial charge is 0.341 e. The van der Waals surface area contributed by atoms with Crippen molar-refractivity contribution < 1.29 is 4.79 Å². The van der Waals surface area contributed by atoms with Gasteiger partial charge in [0.2, 0.25) is 5.91 Å². The molecule has 17 heavy (non-hydrogen) atoms. The van der Waals surface area contributed by atoms with Crippen molar-refractivity contribution >= 4 is 5.91 Å². The molecule has 1 atom stereocenters. The molecule has 1 aliphatic heterocycles. The van der Waals surface area contributed by atoms with E-state index in [9.17, 15) is 4.79 Å². The van der Waals surface area contributed by atoms with Gasteiger partial charge in [-0.3, -0.25) is 4.79 Å². The van der Waals surface area contributed by atoms with Gasteiger partial charge in [-0.15, -0.1) is 0 Å². The first-order chi connectivity index (χ1) is 7.86. The van der Waals surface area contributed by atoms with Crippen LogP contribution in [0.2, 0.25) is 0 Å². The molecular weight excluding hydrogens is 212 g/mol. The van der Waals surface area contributed by atoms with Crippen LogP contribution >= 0.6 is 0 Å². The fraction of sp³-hybridized carbons (Fsp3) is 0.929. The minimum atomic E-state index is -0.370. The van der Waals surface area contributed by atoms with Crippen molar-refractivity contribution in [2.75, 3.05) is 13.1 Å². The lowest BCUT2D eigenvalue weighted by atomic mass is 9.85. The predicted octanol–water partition coefficient (Wildman–Crippen LogP) is 2.40. The Bertz CT molecular complexity index is 249. The van der Waals surface area contributed by atoms with Gasteiger partial charge in [-0.05, 0) is 24.2 Å². The molecule has 3 heteroatoms. The first-order valence-electron chi connectivity index (χ1n) is 6.90. The molecule has 1 rings (SSSR count). The van der Waals surface area contributed by atoms with Crippen molar-refractivity contribution in [1.82, 2.24) is 4.90 Å². The summed E-state index contributed by atoms with van der Waals surface area (Å²) in [6.45, 7) is 10.1. The van der Waals surface area contributed by atoms with Gasteiger partial charge in [0.25, 0.3) is 0 Å². The Morgan fingerprint density at radius 2 is 1.88 bits per heavy atom. The fourth-order valence-corrected chi connectivity index (χ4v) is 2.42. The van der Waals surface area contributed by atoms with Crippen LogP contribution in [0.3, 0.4) is 0 Å². The summed E-state index contributed by atoms with van der Waals surface area (Å²) < 4.78 is 0. The standard InChI is InChI=1S/C14H28N2O/c1-5-6-11-7-9-16(10-8-11)13(17)12(15)14(2,3)4/h11-12H,5-10,15H2,1-4H3. The van der Waals surface area contributed by atoms with Crippen LogP contribution in [-0.4, -0.2) is 29.9 Å². The molecule has 0 bridgehead atoms. The van der Waals surface area contributed by atoms with E-state index in [0.29, 0.717) is 0 Å². The van der Waals surface area contributed by atoms with E-state index in [0.717, 1.165) is 31.8 Å². The zero-order valence-electron chi connectivity index (χ0n) is 11.8. The van der Waals surface area contributed by atoms with Crippen molar-refractivity contribution in [2.45, 2.75) is 59.4 Å². The smallest absolute Gasteiger partial charge is 0.240 e. The topological polar surface area (TPSA) is 46.3 Å². The highest BCUT2D eigenvalue weighted by atomic mass is 16.2. The SMILES string of the molecule is CCCC1CCN(C(=O)C(N)C(C)(C)C)CC1. The van der Waals surface area contributed by atoms with Crippen molar-refractivity contribution in [3.63, 3.8) is 0 Å². The number of nitrogens with zero attached hydrogens (tertiary/aromatic N) is 1. The van der Waals surface area contributed by atoms with Crippen molar-refractivity contribution in [1.29, 1.82) is 0 Å². The summed E-state index contributed by atoms with van der Waals surface area (Å²) in [7, 11) is 0. The van der Waals surface area contributed by atoms with Crippen LogP contribution < -0.4 is 5.73 Å². The molecule has 0 aromatic heterocycles. The Balaban J connectivity index is 2.46. The molecule has 1 heterocycles. The van der Waals surface area contributed by atoms with Gasteiger partial charge < -0.3 is 10.6 Å². The van der Waals surface area contributed by atoms with Crippen molar-refractivity contribution in [2.24, 2.45) is 17.1 Å². The molecule has 3 nitrogen and oxygen atoms in total. The van der Waals surface area contributed by atoms with Gasteiger partial charge in [0.1, 0.15) is 0 Å². The van der Waals surface area contributed by atoms with E-state index in [4.69, 9.17) is 5.73 Å². The van der Waals surface area contributed by atoms with Gasteiger partial charge in [-0.2, -0.15) is 0 Å². The number of carbonyl (C=O) groups is 1. The summed E-state index contributed by atoms with van der Waals surface area (Å²) in [6, 6.07) is -0.370. The maximum absolute atomic E-state index is 12.2. The van der Waals surface area contributed by atoms with Crippen LogP contribution in [0.4, 0.5) is 0 Å². The Hall–Kier alpha value is -0.570. The molecule has 1 saturated heterocycles. The second-order valence-corrected chi connectivity index (χ2v) is 6.40. The first-order valence-corrected chi connectivity index (χ1v) is 6.90. The number of piperidine rings is 1. The number of nitrogens with two attached hydrogens (primary N) is 1. The van der Waals surface area contributed by atoms with E-state index in [1.165, 1.54) is 12.8 Å². The van der Waals surface area contributed by atoms with Crippen LogP contribution in [-0.2, 0) is 4.79 Å². The molecular formula is C14H28N2O. The lowest BCUT2D eigenvalue weighted by Gasteiger charge is -2.36. The minimum Gasteiger partial charge on any atom is -0.341 e. The van der Waals surface area contributed by atoms with Crippen LogP contribution in [0.25, 0.3) is 0 Å². The molecule has 2 N–H and O–H groups in total. The van der Waals surface area contributed by atoms with Crippen LogP contribution in [0.5, 0.6) is 0 Å². The molecule has 0 aromatic rings. The quantitative estimate of drug-likeness (QED) is 0.823. The third kappa shape index (κ3) is 3.98. The predicted molar refractivity (Wildman–Crippen MR) is 71.6 cm³/mol. The van der Waals surface area contributed by atoms with Gasteiger partial charge in [-0.1, -0.05) is 40.5 Å². The van der Waals surface area contributed by atoms with E-state index >= 15 is 0 Å². The summed E-state index contributed by atoms with van der Waals surface area (Å²) in [4.78, 5) is 14.2. The van der Waals surface area contributed by atoms with E-state index in [1.54, 1.807) is 0 Å². The first kappa shape index (κ1) is 14.5. The van der Waals surface area contributed by atoms with E-state index in [-0.39, 0.29) is 17.4 Å². The lowest BCUT2D eigenvalue weighted by molar-refractivity contribution is -0.136. The molecule has 0 aliphatic carbocycles. The molecule has 0 aromatic carbocycles. The molecule has 1 aliphatic rings. The molecule has 1 amide bonds. The molecule has 0 spiro atoms. The number of carbonyl (C=O) groups excluding carboxylic acids is 1. The highest BCUT2D eigenvalue weighted by Crippen LogP contribution is 2.24. The Kier molecular flexibility index (Phi) is 4.99.